The summed E-state index contributed by atoms with van der Waals surface area (Å²) in [6, 6.07) is 17.0. The van der Waals surface area contributed by atoms with Crippen LogP contribution in [0.1, 0.15) is 38.2 Å². The molecule has 0 radical (unpaired) electrons. The van der Waals surface area contributed by atoms with Gasteiger partial charge >= 0.3 is 0 Å². The fraction of sp³-hybridized carbons (Fsp3) is 0.519. The fourth-order valence-electron chi connectivity index (χ4n) is 5.56. The summed E-state index contributed by atoms with van der Waals surface area (Å²) in [5.41, 5.74) is 1.90. The first-order valence-electron chi connectivity index (χ1n) is 12.4. The number of hydrogen-bond acceptors (Lipinski definition) is 5. The van der Waals surface area contributed by atoms with Crippen molar-refractivity contribution in [2.45, 2.75) is 44.1 Å². The molecule has 6 nitrogen and oxygen atoms in total. The minimum Gasteiger partial charge on any atom is -0.486 e. The van der Waals surface area contributed by atoms with Gasteiger partial charge in [-0.1, -0.05) is 37.1 Å². The Morgan fingerprint density at radius 3 is 2.39 bits per heavy atom. The van der Waals surface area contributed by atoms with E-state index in [4.69, 9.17) is 9.47 Å². The second kappa shape index (κ2) is 9.64. The molecule has 1 saturated heterocycles. The second-order valence-corrected chi connectivity index (χ2v) is 9.57. The Kier molecular flexibility index (Phi) is 6.45. The van der Waals surface area contributed by atoms with Crippen molar-refractivity contribution in [2.24, 2.45) is 0 Å². The van der Waals surface area contributed by atoms with Crippen molar-refractivity contribution in [3.05, 3.63) is 54.1 Å². The van der Waals surface area contributed by atoms with Gasteiger partial charge in [0, 0.05) is 44.5 Å². The summed E-state index contributed by atoms with van der Waals surface area (Å²) >= 11 is 0. The molecular formula is C27H35N3O3. The first kappa shape index (κ1) is 22.1. The van der Waals surface area contributed by atoms with Gasteiger partial charge in [0.1, 0.15) is 13.2 Å². The third-order valence-corrected chi connectivity index (χ3v) is 7.60. The lowest BCUT2D eigenvalue weighted by Crippen LogP contribution is -2.53. The summed E-state index contributed by atoms with van der Waals surface area (Å²) < 4.78 is 11.5. The summed E-state index contributed by atoms with van der Waals surface area (Å²) in [6.45, 7) is 8.10. The number of para-hydroxylation sites is 1. The highest BCUT2D eigenvalue weighted by atomic mass is 16.6. The number of rotatable bonds is 6. The molecule has 2 fully saturated rings. The van der Waals surface area contributed by atoms with E-state index in [-0.39, 0.29) is 5.91 Å². The molecule has 3 aliphatic rings. The van der Waals surface area contributed by atoms with Crippen molar-refractivity contribution in [2.75, 3.05) is 50.8 Å². The van der Waals surface area contributed by atoms with Gasteiger partial charge in [0.05, 0.1) is 5.41 Å². The maximum atomic E-state index is 13.6. The lowest BCUT2D eigenvalue weighted by Gasteiger charge is -2.39. The van der Waals surface area contributed by atoms with Gasteiger partial charge in [0.2, 0.25) is 5.91 Å². The maximum Gasteiger partial charge on any atom is 0.230 e. The fourth-order valence-corrected chi connectivity index (χ4v) is 5.56. The molecule has 1 aliphatic carbocycles. The first-order valence-corrected chi connectivity index (χ1v) is 12.4. The van der Waals surface area contributed by atoms with Crippen LogP contribution in [0.2, 0.25) is 0 Å². The number of fused-ring (bicyclic) bond motifs is 1. The smallest absolute Gasteiger partial charge is 0.230 e. The number of carbonyl (C=O) groups excluding carboxylic acids is 1. The molecule has 2 aromatic rings. The van der Waals surface area contributed by atoms with Crippen molar-refractivity contribution in [3.63, 3.8) is 0 Å². The van der Waals surface area contributed by atoms with E-state index in [0.717, 1.165) is 68.9 Å². The largest absolute Gasteiger partial charge is 0.486 e. The standard InChI is InChI=1S/C27H35N3O3/c1-21(29-13-15-30(16-14-29)23-7-3-2-4-8-23)20-28-26(31)27(11-5-6-12-27)22-9-10-24-25(19-22)33-18-17-32-24/h2-4,7-10,19,21H,5-6,11-18,20H2,1H3,(H,28,31). The van der Waals surface area contributed by atoms with Crippen LogP contribution in [-0.2, 0) is 10.2 Å². The molecule has 2 aliphatic heterocycles. The van der Waals surface area contributed by atoms with E-state index in [0.29, 0.717) is 25.8 Å². The third-order valence-electron chi connectivity index (χ3n) is 7.60. The highest BCUT2D eigenvalue weighted by molar-refractivity contribution is 5.89. The molecule has 1 saturated carbocycles. The highest BCUT2D eigenvalue weighted by Gasteiger charge is 2.43. The third kappa shape index (κ3) is 4.54. The van der Waals surface area contributed by atoms with Gasteiger partial charge in [-0.15, -0.1) is 0 Å². The molecule has 1 amide bonds. The second-order valence-electron chi connectivity index (χ2n) is 9.57. The Morgan fingerprint density at radius 2 is 1.67 bits per heavy atom. The molecule has 33 heavy (non-hydrogen) atoms. The molecule has 6 heteroatoms. The normalized spacial score (nSPS) is 20.9. The van der Waals surface area contributed by atoms with Crippen LogP contribution in [0, 0.1) is 0 Å². The van der Waals surface area contributed by atoms with Crippen LogP contribution in [0.5, 0.6) is 11.5 Å². The van der Waals surface area contributed by atoms with Crippen LogP contribution >= 0.6 is 0 Å². The van der Waals surface area contributed by atoms with Gasteiger partial charge in [0.25, 0.3) is 0 Å². The SMILES string of the molecule is CC(CNC(=O)C1(c2ccc3c(c2)OCCO3)CCCC1)N1CCN(c2ccccc2)CC1. The number of nitrogens with zero attached hydrogens (tertiary/aromatic N) is 2. The van der Waals surface area contributed by atoms with Crippen LogP contribution < -0.4 is 19.7 Å². The number of hydrogen-bond donors (Lipinski definition) is 1. The Morgan fingerprint density at radius 1 is 0.970 bits per heavy atom. The highest BCUT2D eigenvalue weighted by Crippen LogP contribution is 2.44. The Labute approximate surface area is 196 Å². The minimum absolute atomic E-state index is 0.159. The molecule has 0 bridgehead atoms. The predicted octanol–water partition coefficient (Wildman–Crippen LogP) is 3.60. The van der Waals surface area contributed by atoms with Crippen molar-refractivity contribution >= 4 is 11.6 Å². The topological polar surface area (TPSA) is 54.0 Å². The van der Waals surface area contributed by atoms with E-state index < -0.39 is 5.41 Å². The van der Waals surface area contributed by atoms with Crippen LogP contribution in [-0.4, -0.2) is 62.8 Å². The predicted molar refractivity (Wildman–Crippen MR) is 130 cm³/mol. The van der Waals surface area contributed by atoms with E-state index in [1.165, 1.54) is 5.69 Å². The summed E-state index contributed by atoms with van der Waals surface area (Å²) in [7, 11) is 0. The number of nitrogens with one attached hydrogen (secondary N) is 1. The molecule has 2 aromatic carbocycles. The number of ether oxygens (including phenoxy) is 2. The first-order chi connectivity index (χ1) is 16.2. The molecule has 1 unspecified atom stereocenters. The van der Waals surface area contributed by atoms with Gasteiger partial charge in [-0.3, -0.25) is 9.69 Å². The number of benzene rings is 2. The van der Waals surface area contributed by atoms with Crippen LogP contribution in [0.25, 0.3) is 0 Å². The molecule has 5 rings (SSSR count). The summed E-state index contributed by atoms with van der Waals surface area (Å²) in [5, 5.41) is 3.32. The zero-order valence-electron chi connectivity index (χ0n) is 19.6. The molecule has 0 aromatic heterocycles. The van der Waals surface area contributed by atoms with E-state index in [2.05, 4.69) is 58.4 Å². The minimum atomic E-state index is -0.457. The van der Waals surface area contributed by atoms with E-state index in [9.17, 15) is 4.79 Å². The average molecular weight is 450 g/mol. The Hall–Kier alpha value is -2.73. The van der Waals surface area contributed by atoms with Crippen molar-refractivity contribution in [3.8, 4) is 11.5 Å². The van der Waals surface area contributed by atoms with Crippen molar-refractivity contribution in [1.82, 2.24) is 10.2 Å². The number of carbonyl (C=O) groups is 1. The van der Waals surface area contributed by atoms with Gasteiger partial charge in [-0.25, -0.2) is 0 Å². The lowest BCUT2D eigenvalue weighted by molar-refractivity contribution is -0.126. The summed E-state index contributed by atoms with van der Waals surface area (Å²) in [6.07, 6.45) is 3.95. The molecule has 176 valence electrons. The Bertz CT molecular complexity index is 950. The molecule has 2 heterocycles. The zero-order chi connectivity index (χ0) is 22.7. The average Bonchev–Trinajstić information content (AvgIpc) is 3.39. The molecule has 1 atom stereocenters. The quantitative estimate of drug-likeness (QED) is 0.730. The van der Waals surface area contributed by atoms with Gasteiger partial charge in [-0.05, 0) is 49.6 Å². The van der Waals surface area contributed by atoms with Crippen LogP contribution in [0.4, 0.5) is 5.69 Å². The summed E-state index contributed by atoms with van der Waals surface area (Å²) in [4.78, 5) is 18.5. The zero-order valence-corrected chi connectivity index (χ0v) is 19.6. The van der Waals surface area contributed by atoms with E-state index in [1.807, 2.05) is 12.1 Å². The molecular weight excluding hydrogens is 414 g/mol. The van der Waals surface area contributed by atoms with Crippen LogP contribution in [0.3, 0.4) is 0 Å². The van der Waals surface area contributed by atoms with Gasteiger partial charge in [0.15, 0.2) is 11.5 Å². The number of piperazine rings is 1. The molecule has 0 spiro atoms. The summed E-state index contributed by atoms with van der Waals surface area (Å²) in [5.74, 6) is 1.70. The molecule has 1 N–H and O–H groups in total. The lowest BCUT2D eigenvalue weighted by atomic mass is 9.77. The van der Waals surface area contributed by atoms with Gasteiger partial charge < -0.3 is 19.7 Å². The Balaban J connectivity index is 1.20. The van der Waals surface area contributed by atoms with Crippen molar-refractivity contribution in [1.29, 1.82) is 0 Å². The monoisotopic (exact) mass is 449 g/mol. The van der Waals surface area contributed by atoms with E-state index >= 15 is 0 Å². The van der Waals surface area contributed by atoms with Crippen molar-refractivity contribution < 1.29 is 14.3 Å². The van der Waals surface area contributed by atoms with E-state index in [1.54, 1.807) is 0 Å². The number of anilines is 1. The van der Waals surface area contributed by atoms with Crippen LogP contribution in [0.15, 0.2) is 48.5 Å². The van der Waals surface area contributed by atoms with Gasteiger partial charge in [-0.2, -0.15) is 0 Å². The number of amides is 1. The maximum absolute atomic E-state index is 13.6.